The maximum absolute atomic E-state index is 12.1. The third-order valence-corrected chi connectivity index (χ3v) is 8.56. The predicted octanol–water partition coefficient (Wildman–Crippen LogP) is 8.11. The molecule has 6 heteroatoms. The first kappa shape index (κ1) is 38.0. The second-order valence-electron chi connectivity index (χ2n) is 11.2. The fourth-order valence-corrected chi connectivity index (χ4v) is 5.56. The molecule has 38 heavy (non-hydrogen) atoms. The minimum absolute atomic E-state index is 0.330. The number of aliphatic hydroxyl groups is 2. The van der Waals surface area contributed by atoms with Crippen LogP contribution in [0.25, 0.3) is 0 Å². The van der Waals surface area contributed by atoms with Crippen LogP contribution in [-0.4, -0.2) is 64.6 Å². The highest BCUT2D eigenvalue weighted by atomic mass is 32.2. The molecule has 0 aliphatic heterocycles. The molecule has 0 aliphatic carbocycles. The van der Waals surface area contributed by atoms with Crippen molar-refractivity contribution in [3.63, 3.8) is 0 Å². The highest BCUT2D eigenvalue weighted by molar-refractivity contribution is 7.85. The Kier molecular flexibility index (Phi) is 31.5. The Hall–Kier alpha value is -0.0100. The van der Waals surface area contributed by atoms with Crippen LogP contribution in [0.5, 0.6) is 0 Å². The molecule has 0 spiro atoms. The van der Waals surface area contributed by atoms with E-state index < -0.39 is 23.0 Å². The number of rotatable bonds is 32. The molecule has 0 radical (unpaired) electrons. The third kappa shape index (κ3) is 30.5. The largest absolute Gasteiger partial charge is 0.391 e. The van der Waals surface area contributed by atoms with Crippen LogP contribution in [-0.2, 0) is 20.3 Å². The zero-order valence-corrected chi connectivity index (χ0v) is 26.3. The van der Waals surface area contributed by atoms with Crippen LogP contribution in [0.2, 0.25) is 0 Å². The zero-order chi connectivity index (χ0) is 27.9. The fraction of sp³-hybridized carbons (Fsp3) is 1.00. The van der Waals surface area contributed by atoms with Gasteiger partial charge in [0.1, 0.15) is 0 Å². The molecule has 0 aromatic carbocycles. The molecule has 0 saturated carbocycles. The number of hydrogen-bond acceptors (Lipinski definition) is 5. The summed E-state index contributed by atoms with van der Waals surface area (Å²) in [7, 11) is -0.989. The maximum Gasteiger partial charge on any atom is 0.0773 e. The molecule has 0 saturated heterocycles. The van der Waals surface area contributed by atoms with E-state index in [0.717, 1.165) is 25.7 Å². The fourth-order valence-electron chi connectivity index (χ4n) is 4.75. The minimum atomic E-state index is -0.989. The summed E-state index contributed by atoms with van der Waals surface area (Å²) < 4.78 is 23.2. The Morgan fingerprint density at radius 3 is 1.11 bits per heavy atom. The maximum atomic E-state index is 12.1. The van der Waals surface area contributed by atoms with Crippen molar-refractivity contribution in [2.75, 3.05) is 37.9 Å². The molecule has 0 fully saturated rings. The van der Waals surface area contributed by atoms with E-state index in [4.69, 9.17) is 9.47 Å². The Balaban J connectivity index is 3.37. The summed E-state index contributed by atoms with van der Waals surface area (Å²) >= 11 is 0. The summed E-state index contributed by atoms with van der Waals surface area (Å²) in [5.41, 5.74) is 0. The lowest BCUT2D eigenvalue weighted by Crippen LogP contribution is -2.20. The first-order chi connectivity index (χ1) is 18.6. The highest BCUT2D eigenvalue weighted by Crippen LogP contribution is 2.13. The Morgan fingerprint density at radius 2 is 0.789 bits per heavy atom. The van der Waals surface area contributed by atoms with E-state index in [1.54, 1.807) is 0 Å². The predicted molar refractivity (Wildman–Crippen MR) is 164 cm³/mol. The van der Waals surface area contributed by atoms with Crippen molar-refractivity contribution in [1.82, 2.24) is 0 Å². The number of unbranched alkanes of at least 4 members (excludes halogenated alkanes) is 18. The van der Waals surface area contributed by atoms with Gasteiger partial charge in [0.15, 0.2) is 0 Å². The van der Waals surface area contributed by atoms with Crippen molar-refractivity contribution in [2.24, 2.45) is 0 Å². The van der Waals surface area contributed by atoms with E-state index in [-0.39, 0.29) is 0 Å². The van der Waals surface area contributed by atoms with Crippen molar-refractivity contribution in [3.05, 3.63) is 0 Å². The average Bonchev–Trinajstić information content (AvgIpc) is 2.91. The smallest absolute Gasteiger partial charge is 0.0773 e. The standard InChI is InChI=1S/C32H66O5S/c1-3-5-7-9-11-13-15-17-19-21-23-31(33)29-36-25-27-38(35)28-26-37-30-32(34)24-22-20-18-16-14-12-10-8-6-4-2/h31-34H,3-30H2,1-2H3. The van der Waals surface area contributed by atoms with E-state index in [1.807, 2.05) is 0 Å². The number of aliphatic hydroxyl groups excluding tert-OH is 2. The van der Waals surface area contributed by atoms with Gasteiger partial charge in [0.25, 0.3) is 0 Å². The summed E-state index contributed by atoms with van der Waals surface area (Å²) in [6.45, 7) is 5.98. The molecule has 0 amide bonds. The Labute approximate surface area is 239 Å². The van der Waals surface area contributed by atoms with Crippen LogP contribution < -0.4 is 0 Å². The summed E-state index contributed by atoms with van der Waals surface area (Å²) in [5.74, 6) is 0.936. The van der Waals surface area contributed by atoms with Crippen molar-refractivity contribution < 1.29 is 23.9 Å². The van der Waals surface area contributed by atoms with Gasteiger partial charge in [-0.05, 0) is 12.8 Å². The van der Waals surface area contributed by atoms with Crippen LogP contribution in [0, 0.1) is 0 Å². The van der Waals surface area contributed by atoms with Gasteiger partial charge < -0.3 is 19.7 Å². The van der Waals surface area contributed by atoms with Gasteiger partial charge in [0.2, 0.25) is 0 Å². The van der Waals surface area contributed by atoms with Gasteiger partial charge in [-0.15, -0.1) is 0 Å². The van der Waals surface area contributed by atoms with Crippen LogP contribution in [0.1, 0.15) is 155 Å². The van der Waals surface area contributed by atoms with Gasteiger partial charge in [-0.25, -0.2) is 0 Å². The van der Waals surface area contributed by atoms with Crippen LogP contribution in [0.4, 0.5) is 0 Å². The monoisotopic (exact) mass is 562 g/mol. The normalized spacial score (nSPS) is 14.1. The van der Waals surface area contributed by atoms with Gasteiger partial charge in [-0.3, -0.25) is 4.21 Å². The van der Waals surface area contributed by atoms with E-state index in [9.17, 15) is 14.4 Å². The molecule has 0 aromatic heterocycles. The van der Waals surface area contributed by atoms with Gasteiger partial charge >= 0.3 is 0 Å². The first-order valence-electron chi connectivity index (χ1n) is 16.5. The molecule has 0 aromatic rings. The summed E-state index contributed by atoms with van der Waals surface area (Å²) in [6.07, 6.45) is 26.7. The van der Waals surface area contributed by atoms with E-state index in [0.29, 0.717) is 37.9 Å². The van der Waals surface area contributed by atoms with Gasteiger partial charge in [0.05, 0.1) is 38.6 Å². The summed E-state index contributed by atoms with van der Waals surface area (Å²) in [4.78, 5) is 0. The molecule has 2 unspecified atom stereocenters. The highest BCUT2D eigenvalue weighted by Gasteiger charge is 2.07. The van der Waals surface area contributed by atoms with Crippen LogP contribution in [0.3, 0.4) is 0 Å². The minimum Gasteiger partial charge on any atom is -0.391 e. The lowest BCUT2D eigenvalue weighted by atomic mass is 10.0. The van der Waals surface area contributed by atoms with E-state index >= 15 is 0 Å². The molecule has 0 heterocycles. The molecule has 2 N–H and O–H groups in total. The zero-order valence-electron chi connectivity index (χ0n) is 25.5. The first-order valence-corrected chi connectivity index (χ1v) is 18.0. The average molecular weight is 563 g/mol. The molecule has 5 nitrogen and oxygen atoms in total. The third-order valence-electron chi connectivity index (χ3n) is 7.31. The quantitative estimate of drug-likeness (QED) is 0.0810. The molecule has 0 bridgehead atoms. The summed E-state index contributed by atoms with van der Waals surface area (Å²) in [6, 6.07) is 0. The Bertz CT molecular complexity index is 437. The topological polar surface area (TPSA) is 76.0 Å². The lowest BCUT2D eigenvalue weighted by Gasteiger charge is -2.12. The molecule has 2 atom stereocenters. The summed E-state index contributed by atoms with van der Waals surface area (Å²) in [5, 5.41) is 20.1. The molecule has 0 rings (SSSR count). The van der Waals surface area contributed by atoms with Gasteiger partial charge in [-0.2, -0.15) is 0 Å². The van der Waals surface area contributed by atoms with Gasteiger partial charge in [0, 0.05) is 22.3 Å². The molecule has 0 aliphatic rings. The van der Waals surface area contributed by atoms with Crippen LogP contribution >= 0.6 is 0 Å². The van der Waals surface area contributed by atoms with Crippen molar-refractivity contribution in [3.8, 4) is 0 Å². The number of ether oxygens (including phenoxy) is 2. The lowest BCUT2D eigenvalue weighted by molar-refractivity contribution is 0.0363. The van der Waals surface area contributed by atoms with Crippen molar-refractivity contribution in [1.29, 1.82) is 0 Å². The van der Waals surface area contributed by atoms with E-state index in [2.05, 4.69) is 13.8 Å². The van der Waals surface area contributed by atoms with Crippen molar-refractivity contribution >= 4 is 10.8 Å². The van der Waals surface area contributed by atoms with Crippen molar-refractivity contribution in [2.45, 2.75) is 167 Å². The molecular formula is C32H66O5S. The van der Waals surface area contributed by atoms with E-state index in [1.165, 1.54) is 116 Å². The SMILES string of the molecule is CCCCCCCCCCCCC(O)COCCS(=O)CCOCC(O)CCCCCCCCCCCC. The molecular weight excluding hydrogens is 496 g/mol. The molecule has 230 valence electrons. The van der Waals surface area contributed by atoms with Gasteiger partial charge in [-0.1, -0.05) is 142 Å². The second-order valence-corrected chi connectivity index (χ2v) is 12.9. The Morgan fingerprint density at radius 1 is 0.500 bits per heavy atom. The second kappa shape index (κ2) is 31.5. The number of hydrogen-bond donors (Lipinski definition) is 2. The van der Waals surface area contributed by atoms with Crippen LogP contribution in [0.15, 0.2) is 0 Å².